The number of hydrogen-bond donors (Lipinski definition) is 2. The highest BCUT2D eigenvalue weighted by Crippen LogP contribution is 2.45. The molecule has 3 rings (SSSR count). The van der Waals surface area contributed by atoms with Gasteiger partial charge in [0.1, 0.15) is 11.5 Å². The van der Waals surface area contributed by atoms with Gasteiger partial charge in [-0.05, 0) is 32.0 Å². The molecule has 9 heteroatoms. The van der Waals surface area contributed by atoms with E-state index in [9.17, 15) is 19.2 Å². The minimum absolute atomic E-state index is 0.230. The maximum Gasteiger partial charge on any atom is 0.416 e. The van der Waals surface area contributed by atoms with Gasteiger partial charge in [0.2, 0.25) is 5.91 Å². The van der Waals surface area contributed by atoms with Gasteiger partial charge in [-0.15, -0.1) is 0 Å². The topological polar surface area (TPSA) is 112 Å². The van der Waals surface area contributed by atoms with Crippen LogP contribution in [0.4, 0.5) is 14.9 Å². The fraction of sp³-hybridized carbons (Fsp3) is 0.550. The molecule has 2 fully saturated rings. The summed E-state index contributed by atoms with van der Waals surface area (Å²) in [4.78, 5) is 28.6. The molecule has 2 amide bonds. The lowest BCUT2D eigenvalue weighted by Crippen LogP contribution is -2.69. The smallest absolute Gasteiger partial charge is 0.416 e. The molecule has 0 radical (unpaired) electrons. The van der Waals surface area contributed by atoms with Crippen molar-refractivity contribution in [2.75, 3.05) is 31.1 Å². The number of nitriles is 1. The average molecular weight is 403 g/mol. The summed E-state index contributed by atoms with van der Waals surface area (Å²) in [5, 5.41) is 12.8. The lowest BCUT2D eigenvalue weighted by Gasteiger charge is -2.50. The third kappa shape index (κ3) is 3.78. The summed E-state index contributed by atoms with van der Waals surface area (Å²) < 4.78 is 19.7. The Kier molecular flexibility index (Phi) is 6.05. The van der Waals surface area contributed by atoms with Gasteiger partial charge in [-0.25, -0.2) is 9.18 Å². The molecule has 3 N–H and O–H groups in total. The summed E-state index contributed by atoms with van der Waals surface area (Å²) in [6, 6.07) is 7.90. The van der Waals surface area contributed by atoms with Crippen molar-refractivity contribution in [3.63, 3.8) is 0 Å². The van der Waals surface area contributed by atoms with Gasteiger partial charge in [0.05, 0.1) is 17.7 Å². The number of carbonyl (C=O) groups excluding carboxylic acids is 2. The number of nitrogens with one attached hydrogen (secondary N) is 1. The number of hydrogen-bond acceptors (Lipinski definition) is 6. The number of ether oxygens (including phenoxy) is 1. The van der Waals surface area contributed by atoms with Crippen LogP contribution in [0.3, 0.4) is 0 Å². The third-order valence-electron chi connectivity index (χ3n) is 5.71. The van der Waals surface area contributed by atoms with E-state index in [0.29, 0.717) is 31.9 Å². The van der Waals surface area contributed by atoms with E-state index >= 15 is 0 Å². The number of nitrogens with two attached hydrogens (primary N) is 1. The van der Waals surface area contributed by atoms with Crippen molar-refractivity contribution in [1.82, 2.24) is 10.2 Å². The molecular weight excluding hydrogens is 377 g/mol. The van der Waals surface area contributed by atoms with Crippen molar-refractivity contribution in [3.05, 3.63) is 30.1 Å². The minimum Gasteiger partial charge on any atom is -0.441 e. The number of carbonyl (C=O) groups is 2. The van der Waals surface area contributed by atoms with Gasteiger partial charge in [-0.1, -0.05) is 6.07 Å². The molecule has 0 aliphatic carbocycles. The van der Waals surface area contributed by atoms with Gasteiger partial charge in [-0.3, -0.25) is 14.6 Å². The summed E-state index contributed by atoms with van der Waals surface area (Å²) in [7, 11) is 0. The molecule has 2 aliphatic heterocycles. The van der Waals surface area contributed by atoms with Crippen LogP contribution in [0.25, 0.3) is 0 Å². The van der Waals surface area contributed by atoms with E-state index in [1.165, 1.54) is 23.1 Å². The van der Waals surface area contributed by atoms with Gasteiger partial charge < -0.3 is 15.8 Å². The molecule has 29 heavy (non-hydrogen) atoms. The second-order valence-corrected chi connectivity index (χ2v) is 7.66. The molecule has 156 valence electrons. The van der Waals surface area contributed by atoms with Crippen molar-refractivity contribution in [3.8, 4) is 6.07 Å². The van der Waals surface area contributed by atoms with Crippen LogP contribution in [0.5, 0.6) is 0 Å². The zero-order valence-electron chi connectivity index (χ0n) is 16.6. The zero-order chi connectivity index (χ0) is 21.2. The first-order valence-corrected chi connectivity index (χ1v) is 9.72. The summed E-state index contributed by atoms with van der Waals surface area (Å²) in [6.45, 7) is 5.86. The first-order chi connectivity index (χ1) is 13.8. The molecule has 0 bridgehead atoms. The Hall–Kier alpha value is -2.70. The van der Waals surface area contributed by atoms with Crippen molar-refractivity contribution in [1.29, 1.82) is 5.26 Å². The number of piperazine rings is 1. The molecule has 0 aromatic heterocycles. The number of primary amides is 1. The maximum absolute atomic E-state index is 14.0. The molecule has 2 aliphatic rings. The van der Waals surface area contributed by atoms with E-state index in [4.69, 9.17) is 10.5 Å². The number of nitrogens with zero attached hydrogens (tertiary/aromatic N) is 3. The molecule has 0 spiro atoms. The zero-order valence-corrected chi connectivity index (χ0v) is 16.6. The largest absolute Gasteiger partial charge is 0.441 e. The van der Waals surface area contributed by atoms with Gasteiger partial charge in [0.25, 0.3) is 0 Å². The van der Waals surface area contributed by atoms with Gasteiger partial charge in [-0.2, -0.15) is 5.26 Å². The van der Waals surface area contributed by atoms with Crippen LogP contribution in [0.15, 0.2) is 24.3 Å². The number of cyclic esters (lactones) is 1. The van der Waals surface area contributed by atoms with E-state index in [1.54, 1.807) is 19.9 Å². The number of amides is 2. The van der Waals surface area contributed by atoms with Crippen LogP contribution in [-0.4, -0.2) is 54.8 Å². The highest BCUT2D eigenvalue weighted by atomic mass is 19.1. The van der Waals surface area contributed by atoms with Gasteiger partial charge in [0.15, 0.2) is 6.10 Å². The Balaban J connectivity index is 2.21. The van der Waals surface area contributed by atoms with Crippen LogP contribution in [0.1, 0.15) is 20.3 Å². The van der Waals surface area contributed by atoms with Crippen molar-refractivity contribution in [2.45, 2.75) is 32.0 Å². The SMILES string of the molecule is CC(C#N)CC1(N2CCNCC2)C(C(C)C(N)=O)OC(=O)N1c1cccc(F)c1. The standard InChI is InChI=1S/C20H26FN5O3/c1-13(12-22)11-20(25-8-6-24-7-9-25)17(14(2)18(23)27)29-19(28)26(20)16-5-3-4-15(21)10-16/h3-5,10,13-14,17,24H,6-9,11H2,1-2H3,(H2,23,27). The number of benzene rings is 1. The maximum atomic E-state index is 14.0. The first-order valence-electron chi connectivity index (χ1n) is 9.72. The summed E-state index contributed by atoms with van der Waals surface area (Å²) in [5.41, 5.74) is 4.75. The Morgan fingerprint density at radius 1 is 1.45 bits per heavy atom. The van der Waals surface area contributed by atoms with Crippen LogP contribution in [0, 0.1) is 29.0 Å². The first kappa shape index (κ1) is 21.0. The minimum atomic E-state index is -1.14. The second kappa shape index (κ2) is 8.35. The fourth-order valence-electron chi connectivity index (χ4n) is 4.34. The number of rotatable bonds is 6. The van der Waals surface area contributed by atoms with E-state index in [0.717, 1.165) is 0 Å². The Morgan fingerprint density at radius 3 is 2.72 bits per heavy atom. The van der Waals surface area contributed by atoms with E-state index in [2.05, 4.69) is 16.3 Å². The molecule has 0 saturated carbocycles. The molecule has 1 aromatic carbocycles. The van der Waals surface area contributed by atoms with Gasteiger partial charge >= 0.3 is 6.09 Å². The molecule has 4 atom stereocenters. The molecule has 4 unspecified atom stereocenters. The molecule has 8 nitrogen and oxygen atoms in total. The predicted molar refractivity (Wildman–Crippen MR) is 104 cm³/mol. The highest BCUT2D eigenvalue weighted by Gasteiger charge is 2.61. The summed E-state index contributed by atoms with van der Waals surface area (Å²) in [5.74, 6) is -2.34. The highest BCUT2D eigenvalue weighted by molar-refractivity contribution is 5.93. The van der Waals surface area contributed by atoms with Crippen LogP contribution >= 0.6 is 0 Å². The molecule has 2 heterocycles. The lowest BCUT2D eigenvalue weighted by molar-refractivity contribution is -0.127. The summed E-state index contributed by atoms with van der Waals surface area (Å²) in [6.07, 6.45) is -1.35. The third-order valence-corrected chi connectivity index (χ3v) is 5.71. The Morgan fingerprint density at radius 2 is 2.14 bits per heavy atom. The van der Waals surface area contributed by atoms with Crippen molar-refractivity contribution >= 4 is 17.7 Å². The Bertz CT molecular complexity index is 823. The van der Waals surface area contributed by atoms with E-state index in [1.807, 2.05) is 0 Å². The van der Waals surface area contributed by atoms with E-state index in [-0.39, 0.29) is 6.42 Å². The normalized spacial score (nSPS) is 27.2. The number of halogens is 1. The number of anilines is 1. The Labute approximate surface area is 169 Å². The second-order valence-electron chi connectivity index (χ2n) is 7.66. The molecule has 1 aromatic rings. The van der Waals surface area contributed by atoms with E-state index < -0.39 is 41.4 Å². The molecule has 2 saturated heterocycles. The van der Waals surface area contributed by atoms with Crippen LogP contribution < -0.4 is 16.0 Å². The lowest BCUT2D eigenvalue weighted by atomic mass is 9.82. The van der Waals surface area contributed by atoms with Crippen LogP contribution in [0.2, 0.25) is 0 Å². The van der Waals surface area contributed by atoms with Crippen molar-refractivity contribution in [2.24, 2.45) is 17.6 Å². The van der Waals surface area contributed by atoms with Gasteiger partial charge in [0, 0.05) is 38.5 Å². The monoisotopic (exact) mass is 403 g/mol. The predicted octanol–water partition coefficient (Wildman–Crippen LogP) is 1.42. The van der Waals surface area contributed by atoms with Crippen LogP contribution in [-0.2, 0) is 9.53 Å². The molecular formula is C20H26FN5O3. The quantitative estimate of drug-likeness (QED) is 0.743. The average Bonchev–Trinajstić information content (AvgIpc) is 3.00. The summed E-state index contributed by atoms with van der Waals surface area (Å²) >= 11 is 0. The van der Waals surface area contributed by atoms with Crippen molar-refractivity contribution < 1.29 is 18.7 Å². The fourth-order valence-corrected chi connectivity index (χ4v) is 4.34.